The van der Waals surface area contributed by atoms with Crippen molar-refractivity contribution in [3.05, 3.63) is 58.9 Å². The summed E-state index contributed by atoms with van der Waals surface area (Å²) >= 11 is 0. The van der Waals surface area contributed by atoms with E-state index in [4.69, 9.17) is 4.74 Å². The van der Waals surface area contributed by atoms with Crippen LogP contribution in [0.2, 0.25) is 0 Å². The number of carboxylic acid groups (broad SMARTS) is 1. The number of carbonyl (C=O) groups excluding carboxylic acids is 1. The molecule has 0 aliphatic carbocycles. The van der Waals surface area contributed by atoms with Gasteiger partial charge < -0.3 is 15.2 Å². The highest BCUT2D eigenvalue weighted by molar-refractivity contribution is 5.98. The van der Waals surface area contributed by atoms with E-state index in [0.717, 1.165) is 29.5 Å². The van der Waals surface area contributed by atoms with Crippen LogP contribution in [-0.2, 0) is 24.1 Å². The lowest BCUT2D eigenvalue weighted by molar-refractivity contribution is -0.141. The number of hydrogen-bond donors (Lipinski definition) is 2. The number of carbonyl (C=O) groups is 2. The minimum absolute atomic E-state index is 0.0498. The van der Waals surface area contributed by atoms with E-state index in [1.54, 1.807) is 18.5 Å². The van der Waals surface area contributed by atoms with E-state index in [2.05, 4.69) is 16.4 Å². The molecule has 1 aromatic heterocycles. The van der Waals surface area contributed by atoms with Crippen LogP contribution >= 0.6 is 0 Å². The number of aromatic nitrogens is 1. The van der Waals surface area contributed by atoms with Crippen LogP contribution < -0.4 is 10.1 Å². The van der Waals surface area contributed by atoms with Gasteiger partial charge in [-0.3, -0.25) is 14.6 Å². The largest absolute Gasteiger partial charge is 0.492 e. The van der Waals surface area contributed by atoms with E-state index >= 15 is 0 Å². The van der Waals surface area contributed by atoms with Crippen LogP contribution in [0.3, 0.4) is 0 Å². The highest BCUT2D eigenvalue weighted by Gasteiger charge is 2.24. The van der Waals surface area contributed by atoms with Crippen LogP contribution in [0.4, 0.5) is 0 Å². The molecule has 0 bridgehead atoms. The zero-order valence-corrected chi connectivity index (χ0v) is 14.7. The van der Waals surface area contributed by atoms with Gasteiger partial charge in [0.2, 0.25) is 0 Å². The van der Waals surface area contributed by atoms with Crippen LogP contribution in [0, 0.1) is 5.92 Å². The van der Waals surface area contributed by atoms with E-state index in [1.807, 2.05) is 19.1 Å². The molecule has 6 nitrogen and oxygen atoms in total. The average molecular weight is 354 g/mol. The molecule has 1 aliphatic heterocycles. The predicted octanol–water partition coefficient (Wildman–Crippen LogP) is 2.25. The van der Waals surface area contributed by atoms with Gasteiger partial charge in [-0.05, 0) is 41.7 Å². The summed E-state index contributed by atoms with van der Waals surface area (Å²) in [7, 11) is 0. The highest BCUT2D eigenvalue weighted by atomic mass is 16.5. The first-order valence-corrected chi connectivity index (χ1v) is 8.77. The maximum absolute atomic E-state index is 12.7. The Bertz CT molecular complexity index is 805. The molecule has 26 heavy (non-hydrogen) atoms. The van der Waals surface area contributed by atoms with Gasteiger partial charge in [-0.1, -0.05) is 19.1 Å². The summed E-state index contributed by atoms with van der Waals surface area (Å²) in [4.78, 5) is 28.2. The van der Waals surface area contributed by atoms with Crippen LogP contribution in [0.5, 0.6) is 5.75 Å². The molecule has 1 amide bonds. The smallest absolute Gasteiger partial charge is 0.308 e. The minimum atomic E-state index is -0.946. The Kier molecular flexibility index (Phi) is 5.51. The molecule has 0 saturated heterocycles. The van der Waals surface area contributed by atoms with Crippen LogP contribution in [0.15, 0.2) is 36.7 Å². The van der Waals surface area contributed by atoms with Crippen molar-refractivity contribution in [2.24, 2.45) is 5.92 Å². The van der Waals surface area contributed by atoms with Gasteiger partial charge >= 0.3 is 5.97 Å². The molecule has 1 aromatic carbocycles. The molecule has 1 unspecified atom stereocenters. The van der Waals surface area contributed by atoms with Gasteiger partial charge in [-0.15, -0.1) is 0 Å². The Morgan fingerprint density at radius 2 is 2.19 bits per heavy atom. The number of carboxylic acids is 1. The van der Waals surface area contributed by atoms with Crippen molar-refractivity contribution in [3.63, 3.8) is 0 Å². The second-order valence-electron chi connectivity index (χ2n) is 6.39. The molecule has 6 heteroatoms. The number of aliphatic carboxylic acids is 1. The number of hydrogen-bond acceptors (Lipinski definition) is 4. The maximum Gasteiger partial charge on any atom is 0.308 e. The molecule has 0 fully saturated rings. The molecular weight excluding hydrogens is 332 g/mol. The zero-order valence-electron chi connectivity index (χ0n) is 14.7. The van der Waals surface area contributed by atoms with Gasteiger partial charge in [0, 0.05) is 25.4 Å². The number of nitrogens with one attached hydrogen (secondary N) is 1. The molecule has 0 saturated carbocycles. The fourth-order valence-corrected chi connectivity index (χ4v) is 3.11. The monoisotopic (exact) mass is 354 g/mol. The van der Waals surface area contributed by atoms with Crippen molar-refractivity contribution in [2.45, 2.75) is 26.2 Å². The van der Waals surface area contributed by atoms with Gasteiger partial charge in [-0.2, -0.15) is 0 Å². The third kappa shape index (κ3) is 4.02. The molecule has 0 spiro atoms. The molecule has 0 radical (unpaired) electrons. The number of benzene rings is 1. The number of rotatable bonds is 7. The number of amides is 1. The molecule has 2 N–H and O–H groups in total. The highest BCUT2D eigenvalue weighted by Crippen LogP contribution is 2.31. The van der Waals surface area contributed by atoms with E-state index < -0.39 is 11.9 Å². The number of ether oxygens (including phenoxy) is 1. The maximum atomic E-state index is 12.7. The summed E-state index contributed by atoms with van der Waals surface area (Å²) in [6.07, 6.45) is 5.22. The fourth-order valence-electron chi connectivity index (χ4n) is 3.11. The molecular formula is C20H22N2O4. The van der Waals surface area contributed by atoms with E-state index in [-0.39, 0.29) is 12.5 Å². The summed E-state index contributed by atoms with van der Waals surface area (Å²) in [5.41, 5.74) is 3.43. The lowest BCUT2D eigenvalue weighted by atomic mass is 9.99. The Hall–Kier alpha value is -2.89. The Balaban J connectivity index is 1.71. The number of aryl methyl sites for hydroxylation is 1. The first-order chi connectivity index (χ1) is 12.6. The third-order valence-electron chi connectivity index (χ3n) is 4.56. The van der Waals surface area contributed by atoms with Crippen LogP contribution in [0.1, 0.15) is 34.0 Å². The van der Waals surface area contributed by atoms with Gasteiger partial charge in [0.25, 0.3) is 5.91 Å². The summed E-state index contributed by atoms with van der Waals surface area (Å²) in [6.45, 7) is 2.66. The fraction of sp³-hybridized carbons (Fsp3) is 0.350. The van der Waals surface area contributed by atoms with Crippen molar-refractivity contribution in [2.75, 3.05) is 13.2 Å². The molecule has 1 atom stereocenters. The summed E-state index contributed by atoms with van der Waals surface area (Å²) in [5.74, 6) is -1.33. The van der Waals surface area contributed by atoms with Crippen LogP contribution in [0.25, 0.3) is 0 Å². The standard InChI is InChI=1S/C20H22N2O4/c1-2-13-8-15-5-7-26-18(15)17(10-13)19(23)22-12-16(20(24)25)9-14-4-3-6-21-11-14/h3-4,6,8,10-11,16H,2,5,7,9,12H2,1H3,(H,22,23)(H,24,25). The van der Waals surface area contributed by atoms with Gasteiger partial charge in [0.1, 0.15) is 5.75 Å². The summed E-state index contributed by atoms with van der Waals surface area (Å²) in [6, 6.07) is 7.50. The second kappa shape index (κ2) is 7.99. The Labute approximate surface area is 152 Å². The van der Waals surface area contributed by atoms with Gasteiger partial charge in [0.15, 0.2) is 0 Å². The zero-order chi connectivity index (χ0) is 18.5. The van der Waals surface area contributed by atoms with E-state index in [9.17, 15) is 14.7 Å². The lowest BCUT2D eigenvalue weighted by Crippen LogP contribution is -2.34. The Morgan fingerprint density at radius 3 is 2.88 bits per heavy atom. The normalized spacial score (nSPS) is 13.6. The third-order valence-corrected chi connectivity index (χ3v) is 4.56. The van der Waals surface area contributed by atoms with Crippen molar-refractivity contribution >= 4 is 11.9 Å². The summed E-state index contributed by atoms with van der Waals surface area (Å²) in [5, 5.41) is 12.2. The molecule has 3 rings (SSSR count). The number of nitrogens with zero attached hydrogens (tertiary/aromatic N) is 1. The summed E-state index contributed by atoms with van der Waals surface area (Å²) < 4.78 is 5.61. The molecule has 1 aliphatic rings. The minimum Gasteiger partial charge on any atom is -0.492 e. The number of fused-ring (bicyclic) bond motifs is 1. The van der Waals surface area contributed by atoms with Crippen molar-refractivity contribution in [1.82, 2.24) is 10.3 Å². The van der Waals surface area contributed by atoms with Crippen molar-refractivity contribution < 1.29 is 19.4 Å². The van der Waals surface area contributed by atoms with E-state index in [1.165, 1.54) is 0 Å². The molecule has 2 heterocycles. The van der Waals surface area contributed by atoms with Crippen molar-refractivity contribution in [3.8, 4) is 5.75 Å². The lowest BCUT2D eigenvalue weighted by Gasteiger charge is -2.15. The molecule has 136 valence electrons. The topological polar surface area (TPSA) is 88.5 Å². The average Bonchev–Trinajstić information content (AvgIpc) is 3.13. The first kappa shape index (κ1) is 17.9. The second-order valence-corrected chi connectivity index (χ2v) is 6.39. The van der Waals surface area contributed by atoms with Crippen molar-refractivity contribution in [1.29, 1.82) is 0 Å². The van der Waals surface area contributed by atoms with E-state index in [0.29, 0.717) is 24.3 Å². The number of pyridine rings is 1. The first-order valence-electron chi connectivity index (χ1n) is 8.77. The van der Waals surface area contributed by atoms with Crippen LogP contribution in [-0.4, -0.2) is 35.1 Å². The van der Waals surface area contributed by atoms with Gasteiger partial charge in [-0.25, -0.2) is 0 Å². The molecule has 2 aromatic rings. The predicted molar refractivity (Wildman–Crippen MR) is 96.4 cm³/mol. The Morgan fingerprint density at radius 1 is 1.35 bits per heavy atom. The van der Waals surface area contributed by atoms with Gasteiger partial charge in [0.05, 0.1) is 18.1 Å². The quantitative estimate of drug-likeness (QED) is 0.796. The SMILES string of the molecule is CCc1cc2c(c(C(=O)NCC(Cc3cccnc3)C(=O)O)c1)OCC2.